The number of halogens is 3. The predicted octanol–water partition coefficient (Wildman–Crippen LogP) is 3.14. The van der Waals surface area contributed by atoms with Gasteiger partial charge in [0.25, 0.3) is 0 Å². The van der Waals surface area contributed by atoms with E-state index in [0.717, 1.165) is 12.5 Å². The number of alkyl halides is 1. The maximum absolute atomic E-state index is 13.4. The third-order valence-electron chi connectivity index (χ3n) is 2.57. The van der Waals surface area contributed by atoms with E-state index in [1.165, 1.54) is 12.1 Å². The van der Waals surface area contributed by atoms with Crippen molar-refractivity contribution in [3.8, 4) is 0 Å². The maximum atomic E-state index is 13.4. The number of amides is 1. The van der Waals surface area contributed by atoms with Crippen molar-refractivity contribution in [2.24, 2.45) is 0 Å². The van der Waals surface area contributed by atoms with Crippen LogP contribution < -0.4 is 0 Å². The Labute approximate surface area is 114 Å². The largest absolute Gasteiger partial charge is 0.342 e. The van der Waals surface area contributed by atoms with E-state index in [1.807, 2.05) is 6.92 Å². The fourth-order valence-corrected chi connectivity index (χ4v) is 2.12. The number of hydrogen-bond donors (Lipinski definition) is 0. The molecule has 5 heteroatoms. The molecule has 0 unspecified atom stereocenters. The molecule has 0 aromatic heterocycles. The Hall–Kier alpha value is -0.970. The molecule has 0 aliphatic heterocycles. The zero-order valence-electron chi connectivity index (χ0n) is 10.3. The van der Waals surface area contributed by atoms with Gasteiger partial charge in [-0.15, -0.1) is 0 Å². The summed E-state index contributed by atoms with van der Waals surface area (Å²) in [4.78, 5) is 13.6. The smallest absolute Gasteiger partial charge is 0.227 e. The summed E-state index contributed by atoms with van der Waals surface area (Å²) in [6, 6.07) is 3.90. The summed E-state index contributed by atoms with van der Waals surface area (Å²) in [5.74, 6) is -2.02. The van der Waals surface area contributed by atoms with Gasteiger partial charge in [-0.25, -0.2) is 8.78 Å². The van der Waals surface area contributed by atoms with Crippen molar-refractivity contribution in [1.82, 2.24) is 4.90 Å². The zero-order valence-corrected chi connectivity index (χ0v) is 11.8. The molecule has 2 nitrogen and oxygen atoms in total. The summed E-state index contributed by atoms with van der Waals surface area (Å²) in [5.41, 5.74) is 0.107. The minimum absolute atomic E-state index is 0.101. The number of rotatable bonds is 6. The Morgan fingerprint density at radius 3 is 2.67 bits per heavy atom. The van der Waals surface area contributed by atoms with Gasteiger partial charge in [0.1, 0.15) is 0 Å². The minimum Gasteiger partial charge on any atom is -0.342 e. The Balaban J connectivity index is 2.75. The van der Waals surface area contributed by atoms with Gasteiger partial charge in [0.05, 0.1) is 6.42 Å². The van der Waals surface area contributed by atoms with Crippen molar-refractivity contribution in [2.45, 2.75) is 19.8 Å². The first-order valence-corrected chi connectivity index (χ1v) is 6.99. The van der Waals surface area contributed by atoms with Crippen molar-refractivity contribution < 1.29 is 13.6 Å². The second-order valence-electron chi connectivity index (χ2n) is 3.96. The lowest BCUT2D eigenvalue weighted by atomic mass is 10.1. The van der Waals surface area contributed by atoms with Gasteiger partial charge >= 0.3 is 0 Å². The molecule has 0 aliphatic carbocycles. The highest BCUT2D eigenvalue weighted by Crippen LogP contribution is 2.13. The van der Waals surface area contributed by atoms with E-state index in [1.54, 1.807) is 4.90 Å². The lowest BCUT2D eigenvalue weighted by Crippen LogP contribution is -2.34. The van der Waals surface area contributed by atoms with Crippen LogP contribution in [0.1, 0.15) is 18.9 Å². The fraction of sp³-hybridized carbons (Fsp3) is 0.462. The fourth-order valence-electron chi connectivity index (χ4n) is 1.69. The average molecular weight is 320 g/mol. The topological polar surface area (TPSA) is 20.3 Å². The Bertz CT molecular complexity index is 406. The Morgan fingerprint density at radius 1 is 1.33 bits per heavy atom. The van der Waals surface area contributed by atoms with Crippen molar-refractivity contribution in [3.05, 3.63) is 35.4 Å². The minimum atomic E-state index is -0.929. The van der Waals surface area contributed by atoms with E-state index in [9.17, 15) is 13.6 Å². The van der Waals surface area contributed by atoms with Crippen LogP contribution >= 0.6 is 15.9 Å². The number of benzene rings is 1. The van der Waals surface area contributed by atoms with Crippen molar-refractivity contribution in [2.75, 3.05) is 18.4 Å². The zero-order chi connectivity index (χ0) is 13.5. The summed E-state index contributed by atoms with van der Waals surface area (Å²) in [6.45, 7) is 3.17. The third kappa shape index (κ3) is 4.05. The van der Waals surface area contributed by atoms with Gasteiger partial charge in [0.2, 0.25) is 5.91 Å². The van der Waals surface area contributed by atoms with E-state index in [-0.39, 0.29) is 17.9 Å². The molecule has 0 radical (unpaired) electrons. The Morgan fingerprint density at radius 2 is 2.06 bits per heavy atom. The lowest BCUT2D eigenvalue weighted by molar-refractivity contribution is -0.130. The quantitative estimate of drug-likeness (QED) is 0.738. The van der Waals surface area contributed by atoms with Crippen molar-refractivity contribution in [3.63, 3.8) is 0 Å². The highest BCUT2D eigenvalue weighted by molar-refractivity contribution is 9.09. The van der Waals surface area contributed by atoms with E-state index in [2.05, 4.69) is 15.9 Å². The van der Waals surface area contributed by atoms with Crippen LogP contribution in [0.4, 0.5) is 8.78 Å². The van der Waals surface area contributed by atoms with Crippen LogP contribution in [-0.2, 0) is 11.2 Å². The molecule has 0 bridgehead atoms. The molecule has 0 N–H and O–H groups in total. The second kappa shape index (κ2) is 7.46. The summed E-state index contributed by atoms with van der Waals surface area (Å²) >= 11 is 3.27. The molecular formula is C13H16BrF2NO. The molecule has 0 spiro atoms. The highest BCUT2D eigenvalue weighted by atomic mass is 79.9. The van der Waals surface area contributed by atoms with Crippen LogP contribution in [0.15, 0.2) is 18.2 Å². The first-order valence-electron chi connectivity index (χ1n) is 5.86. The molecule has 0 fully saturated rings. The van der Waals surface area contributed by atoms with Crippen molar-refractivity contribution >= 4 is 21.8 Å². The number of hydrogen-bond acceptors (Lipinski definition) is 1. The molecule has 18 heavy (non-hydrogen) atoms. The van der Waals surface area contributed by atoms with Crippen molar-refractivity contribution in [1.29, 1.82) is 0 Å². The maximum Gasteiger partial charge on any atom is 0.227 e. The van der Waals surface area contributed by atoms with Gasteiger partial charge in [-0.2, -0.15) is 0 Å². The molecular weight excluding hydrogens is 304 g/mol. The number of nitrogens with zero attached hydrogens (tertiary/aromatic N) is 1. The SMILES string of the molecule is CCCN(CCBr)C(=O)Cc1cccc(F)c1F. The van der Waals surface area contributed by atoms with Gasteiger partial charge in [0, 0.05) is 24.0 Å². The number of carbonyl (C=O) groups excluding carboxylic acids is 1. The first kappa shape index (κ1) is 15.1. The molecule has 0 atom stereocenters. The van der Waals surface area contributed by atoms with Gasteiger partial charge in [-0.1, -0.05) is 35.0 Å². The second-order valence-corrected chi connectivity index (χ2v) is 4.75. The molecule has 0 saturated carbocycles. The molecule has 0 saturated heterocycles. The van der Waals surface area contributed by atoms with Crippen LogP contribution in [0, 0.1) is 11.6 Å². The van der Waals surface area contributed by atoms with Crippen LogP contribution in [0.5, 0.6) is 0 Å². The normalized spacial score (nSPS) is 10.4. The molecule has 1 amide bonds. The lowest BCUT2D eigenvalue weighted by Gasteiger charge is -2.21. The van der Waals surface area contributed by atoms with E-state index >= 15 is 0 Å². The standard InChI is InChI=1S/C13H16BrF2NO/c1-2-7-17(8-6-14)12(18)9-10-4-3-5-11(15)13(10)16/h3-5H,2,6-9H2,1H3. The molecule has 100 valence electrons. The molecule has 1 aromatic rings. The van der Waals surface area contributed by atoms with E-state index in [4.69, 9.17) is 0 Å². The van der Waals surface area contributed by atoms with E-state index < -0.39 is 11.6 Å². The monoisotopic (exact) mass is 319 g/mol. The third-order valence-corrected chi connectivity index (χ3v) is 2.93. The average Bonchev–Trinajstić information content (AvgIpc) is 2.34. The van der Waals surface area contributed by atoms with Gasteiger partial charge < -0.3 is 4.90 Å². The molecule has 1 aromatic carbocycles. The highest BCUT2D eigenvalue weighted by Gasteiger charge is 2.16. The number of carbonyl (C=O) groups is 1. The van der Waals surface area contributed by atoms with Crippen LogP contribution in [0.25, 0.3) is 0 Å². The van der Waals surface area contributed by atoms with Gasteiger partial charge in [0.15, 0.2) is 11.6 Å². The van der Waals surface area contributed by atoms with Gasteiger partial charge in [-0.05, 0) is 12.5 Å². The summed E-state index contributed by atoms with van der Waals surface area (Å²) in [6.07, 6.45) is 0.737. The van der Waals surface area contributed by atoms with Gasteiger partial charge in [-0.3, -0.25) is 4.79 Å². The Kier molecular flexibility index (Phi) is 6.25. The van der Waals surface area contributed by atoms with E-state index in [0.29, 0.717) is 18.4 Å². The van der Waals surface area contributed by atoms with Crippen LogP contribution in [0.2, 0.25) is 0 Å². The predicted molar refractivity (Wildman–Crippen MR) is 70.7 cm³/mol. The van der Waals surface area contributed by atoms with Crippen LogP contribution in [-0.4, -0.2) is 29.2 Å². The summed E-state index contributed by atoms with van der Waals surface area (Å²) in [7, 11) is 0. The summed E-state index contributed by atoms with van der Waals surface area (Å²) in [5, 5.41) is 0.671. The summed E-state index contributed by atoms with van der Waals surface area (Å²) < 4.78 is 26.5. The molecule has 0 heterocycles. The van der Waals surface area contributed by atoms with Crippen LogP contribution in [0.3, 0.4) is 0 Å². The molecule has 1 rings (SSSR count). The first-order chi connectivity index (χ1) is 8.60. The molecule has 0 aliphatic rings.